The predicted octanol–water partition coefficient (Wildman–Crippen LogP) is 9.87. The van der Waals surface area contributed by atoms with Crippen LogP contribution in [-0.4, -0.2) is 19.3 Å². The first-order valence-electron chi connectivity index (χ1n) is 15.4. The Bertz CT molecular complexity index is 1190. The average Bonchev–Trinajstić information content (AvgIpc) is 2.99. The standard InChI is InChI=1S/C34H41F5O3/c1-2-3-4-5-22-20-40-33(41-21-22)26-12-16-29(31(36)18-26)25-8-6-23(7-9-25)24-10-13-27(14-11-24)34(38,39)42-28-15-17-30(35)32(37)19-28/h3-4,12,15-19,22-25,27,33H,2,5-11,13-14,20-21H2,1H3. The van der Waals surface area contributed by atoms with E-state index in [1.54, 1.807) is 6.07 Å². The van der Waals surface area contributed by atoms with Crippen LogP contribution in [0.4, 0.5) is 22.0 Å². The molecule has 1 saturated heterocycles. The fourth-order valence-electron chi connectivity index (χ4n) is 6.96. The van der Waals surface area contributed by atoms with Crippen LogP contribution in [0.1, 0.15) is 94.5 Å². The maximum Gasteiger partial charge on any atom is 0.400 e. The van der Waals surface area contributed by atoms with Gasteiger partial charge in [0.05, 0.1) is 19.1 Å². The van der Waals surface area contributed by atoms with Crippen molar-refractivity contribution in [1.82, 2.24) is 0 Å². The quantitative estimate of drug-likeness (QED) is 0.214. The Morgan fingerprint density at radius 3 is 2.07 bits per heavy atom. The summed E-state index contributed by atoms with van der Waals surface area (Å²) in [6.45, 7) is 3.28. The summed E-state index contributed by atoms with van der Waals surface area (Å²) in [4.78, 5) is 0. The van der Waals surface area contributed by atoms with E-state index in [1.807, 2.05) is 12.1 Å². The highest BCUT2D eigenvalue weighted by Gasteiger charge is 2.45. The minimum absolute atomic E-state index is 0.142. The number of hydrogen-bond donors (Lipinski definition) is 0. The number of benzene rings is 2. The number of rotatable bonds is 9. The lowest BCUT2D eigenvalue weighted by molar-refractivity contribution is -0.224. The van der Waals surface area contributed by atoms with E-state index in [4.69, 9.17) is 14.2 Å². The third kappa shape index (κ3) is 7.54. The number of alkyl halides is 2. The van der Waals surface area contributed by atoms with Crippen LogP contribution in [0.2, 0.25) is 0 Å². The average molecular weight is 593 g/mol. The molecule has 5 rings (SSSR count). The van der Waals surface area contributed by atoms with Crippen molar-refractivity contribution < 1.29 is 36.2 Å². The molecule has 2 aromatic carbocycles. The van der Waals surface area contributed by atoms with Gasteiger partial charge in [0.2, 0.25) is 0 Å². The molecule has 2 saturated carbocycles. The second-order valence-electron chi connectivity index (χ2n) is 12.2. The van der Waals surface area contributed by atoms with Gasteiger partial charge in [-0.15, -0.1) is 0 Å². The molecule has 3 fully saturated rings. The summed E-state index contributed by atoms with van der Waals surface area (Å²) >= 11 is 0. The van der Waals surface area contributed by atoms with Gasteiger partial charge in [0.1, 0.15) is 11.6 Å². The molecule has 3 aliphatic rings. The molecule has 2 aromatic rings. The first-order chi connectivity index (χ1) is 20.2. The smallest absolute Gasteiger partial charge is 0.400 e. The van der Waals surface area contributed by atoms with Gasteiger partial charge in [0.25, 0.3) is 0 Å². The summed E-state index contributed by atoms with van der Waals surface area (Å²) in [5.41, 5.74) is 1.43. The monoisotopic (exact) mass is 592 g/mol. The van der Waals surface area contributed by atoms with Gasteiger partial charge in [-0.25, -0.2) is 13.2 Å². The second kappa shape index (κ2) is 13.9. The molecule has 8 heteroatoms. The third-order valence-corrected chi connectivity index (χ3v) is 9.41. The van der Waals surface area contributed by atoms with E-state index < -0.39 is 30.0 Å². The van der Waals surface area contributed by atoms with E-state index >= 15 is 4.39 Å². The van der Waals surface area contributed by atoms with Crippen LogP contribution in [-0.2, 0) is 9.47 Å². The molecule has 1 aliphatic heterocycles. The van der Waals surface area contributed by atoms with Gasteiger partial charge in [-0.1, -0.05) is 31.2 Å². The fraction of sp³-hybridized carbons (Fsp3) is 0.588. The van der Waals surface area contributed by atoms with Crippen molar-refractivity contribution in [3.63, 3.8) is 0 Å². The minimum atomic E-state index is -3.45. The first-order valence-corrected chi connectivity index (χ1v) is 15.4. The van der Waals surface area contributed by atoms with E-state index in [2.05, 4.69) is 19.1 Å². The molecule has 0 aromatic heterocycles. The first kappa shape index (κ1) is 31.0. The molecule has 0 unspecified atom stereocenters. The Morgan fingerprint density at radius 1 is 0.786 bits per heavy atom. The van der Waals surface area contributed by atoms with Crippen molar-refractivity contribution in [1.29, 1.82) is 0 Å². The maximum atomic E-state index is 15.2. The second-order valence-corrected chi connectivity index (χ2v) is 12.2. The zero-order valence-corrected chi connectivity index (χ0v) is 24.2. The molecule has 0 atom stereocenters. The van der Waals surface area contributed by atoms with Crippen LogP contribution < -0.4 is 4.74 Å². The Kier molecular flexibility index (Phi) is 10.3. The van der Waals surface area contributed by atoms with Gasteiger partial charge >= 0.3 is 6.11 Å². The zero-order chi connectivity index (χ0) is 29.7. The van der Waals surface area contributed by atoms with Crippen LogP contribution in [0.15, 0.2) is 48.6 Å². The lowest BCUT2D eigenvalue weighted by Crippen LogP contribution is -2.38. The maximum absolute atomic E-state index is 15.2. The van der Waals surface area contributed by atoms with E-state index in [0.29, 0.717) is 68.3 Å². The van der Waals surface area contributed by atoms with E-state index in [0.717, 1.165) is 56.2 Å². The van der Waals surface area contributed by atoms with Crippen molar-refractivity contribution >= 4 is 0 Å². The fourth-order valence-corrected chi connectivity index (χ4v) is 6.96. The Morgan fingerprint density at radius 2 is 1.45 bits per heavy atom. The van der Waals surface area contributed by atoms with E-state index in [9.17, 15) is 17.6 Å². The van der Waals surface area contributed by atoms with Crippen molar-refractivity contribution in [3.8, 4) is 5.75 Å². The van der Waals surface area contributed by atoms with E-state index in [-0.39, 0.29) is 17.5 Å². The third-order valence-electron chi connectivity index (χ3n) is 9.41. The molecule has 0 spiro atoms. The highest BCUT2D eigenvalue weighted by molar-refractivity contribution is 5.29. The summed E-state index contributed by atoms with van der Waals surface area (Å²) in [7, 11) is 0. The number of hydrogen-bond acceptors (Lipinski definition) is 3. The molecule has 0 bridgehead atoms. The van der Waals surface area contributed by atoms with E-state index in [1.165, 1.54) is 0 Å². The lowest BCUT2D eigenvalue weighted by Gasteiger charge is -2.39. The van der Waals surface area contributed by atoms with Crippen LogP contribution in [0, 0.1) is 41.1 Å². The lowest BCUT2D eigenvalue weighted by atomic mass is 9.68. The molecular formula is C34H41F5O3. The highest BCUT2D eigenvalue weighted by Crippen LogP contribution is 2.47. The molecule has 2 aliphatic carbocycles. The largest absolute Gasteiger partial charge is 0.432 e. The predicted molar refractivity (Wildman–Crippen MR) is 151 cm³/mol. The van der Waals surface area contributed by atoms with Gasteiger partial charge < -0.3 is 14.2 Å². The minimum Gasteiger partial charge on any atom is -0.432 e. The topological polar surface area (TPSA) is 27.7 Å². The van der Waals surface area contributed by atoms with Crippen LogP contribution in [0.25, 0.3) is 0 Å². The molecule has 1 heterocycles. The number of ether oxygens (including phenoxy) is 3. The van der Waals surface area contributed by atoms with Crippen molar-refractivity contribution in [3.05, 3.63) is 77.1 Å². The summed E-state index contributed by atoms with van der Waals surface area (Å²) in [5.74, 6) is -2.62. The molecule has 0 amide bonds. The molecule has 0 radical (unpaired) electrons. The van der Waals surface area contributed by atoms with Gasteiger partial charge in [-0.2, -0.15) is 8.78 Å². The molecular weight excluding hydrogens is 551 g/mol. The Labute approximate surface area is 245 Å². The van der Waals surface area contributed by atoms with Crippen LogP contribution in [0.5, 0.6) is 5.75 Å². The SMILES string of the molecule is CCC=CCC1COC(c2ccc(C3CCC(C4CCC(C(F)(F)Oc5ccc(F)c(F)c5)CC4)CC3)c(F)c2)OC1. The Hall–Kier alpha value is -2.45. The van der Waals surface area contributed by atoms with Crippen LogP contribution in [0.3, 0.4) is 0 Å². The molecule has 230 valence electrons. The summed E-state index contributed by atoms with van der Waals surface area (Å²) in [6.07, 6.45) is 7.87. The van der Waals surface area contributed by atoms with Crippen molar-refractivity contribution in [2.24, 2.45) is 23.7 Å². The van der Waals surface area contributed by atoms with Gasteiger partial charge in [-0.3, -0.25) is 0 Å². The van der Waals surface area contributed by atoms with Gasteiger partial charge in [-0.05, 0) is 106 Å². The molecule has 0 N–H and O–H groups in total. The summed E-state index contributed by atoms with van der Waals surface area (Å²) < 4.78 is 88.0. The molecule has 3 nitrogen and oxygen atoms in total. The summed E-state index contributed by atoms with van der Waals surface area (Å²) in [5, 5.41) is 0. The Balaban J connectivity index is 1.08. The van der Waals surface area contributed by atoms with Crippen molar-refractivity contribution in [2.45, 2.75) is 89.4 Å². The number of allylic oxidation sites excluding steroid dienone is 2. The highest BCUT2D eigenvalue weighted by atomic mass is 19.3. The normalized spacial score (nSPS) is 29.1. The summed E-state index contributed by atoms with van der Waals surface area (Å²) in [6, 6.07) is 7.80. The van der Waals surface area contributed by atoms with Crippen molar-refractivity contribution in [2.75, 3.05) is 13.2 Å². The van der Waals surface area contributed by atoms with Gasteiger partial charge in [0, 0.05) is 17.5 Å². The van der Waals surface area contributed by atoms with Gasteiger partial charge in [0.15, 0.2) is 17.9 Å². The van der Waals surface area contributed by atoms with Crippen LogP contribution >= 0.6 is 0 Å². The number of halogens is 5. The molecule has 42 heavy (non-hydrogen) atoms. The zero-order valence-electron chi connectivity index (χ0n) is 24.2.